The minimum absolute atomic E-state index is 0. The van der Waals surface area contributed by atoms with Crippen molar-refractivity contribution < 1.29 is 4.79 Å². The summed E-state index contributed by atoms with van der Waals surface area (Å²) < 4.78 is 2.18. The maximum Gasteiger partial charge on any atom is 0.251 e. The van der Waals surface area contributed by atoms with Gasteiger partial charge in [0.15, 0.2) is 0 Å². The summed E-state index contributed by atoms with van der Waals surface area (Å²) >= 11 is 0. The summed E-state index contributed by atoms with van der Waals surface area (Å²) in [5.74, 6) is 0.751. The summed E-state index contributed by atoms with van der Waals surface area (Å²) in [6.45, 7) is 6.68. The van der Waals surface area contributed by atoms with Crippen molar-refractivity contribution in [2.24, 2.45) is 5.73 Å². The van der Waals surface area contributed by atoms with Crippen molar-refractivity contribution in [3.8, 4) is 0 Å². The van der Waals surface area contributed by atoms with Crippen LogP contribution in [-0.4, -0.2) is 15.5 Å². The van der Waals surface area contributed by atoms with E-state index in [9.17, 15) is 4.79 Å². The molecule has 0 saturated heterocycles. The normalized spacial score (nSPS) is 11.6. The summed E-state index contributed by atoms with van der Waals surface area (Å²) in [4.78, 5) is 17.3. The fraction of sp³-hybridized carbons (Fsp3) is 0.300. The maximum absolute atomic E-state index is 12.5. The molecule has 0 aliphatic rings. The minimum atomic E-state index is -0.198. The first kappa shape index (κ1) is 23.0. The van der Waals surface area contributed by atoms with Gasteiger partial charge in [-0.3, -0.25) is 4.79 Å². The number of nitrogens with two attached hydrogens (primary N) is 1. The highest BCUT2D eigenvalue weighted by Gasteiger charge is 2.20. The Balaban J connectivity index is 0.00000182. The third-order valence-corrected chi connectivity index (χ3v) is 4.33. The largest absolute Gasteiger partial charge is 0.342 e. The summed E-state index contributed by atoms with van der Waals surface area (Å²) in [5, 5.41) is 3.05. The predicted molar refractivity (Wildman–Crippen MR) is 115 cm³/mol. The zero-order valence-corrected chi connectivity index (χ0v) is 17.3. The molecule has 1 heterocycles. The standard InChI is InChI=1S/C20H24N4O.2ClH/c1-13(2)24-18-7-5-4-6-17(18)23-19(24)14(3)22-20(25)16-10-8-15(12-21)9-11-16;;/h4-11,13-14H,12,21H2,1-3H3,(H,22,25);2*1H. The van der Waals surface area contributed by atoms with Gasteiger partial charge in [0.05, 0.1) is 17.1 Å². The highest BCUT2D eigenvalue weighted by Crippen LogP contribution is 2.25. The number of halogens is 2. The maximum atomic E-state index is 12.5. The lowest BCUT2D eigenvalue weighted by molar-refractivity contribution is 0.0937. The molecule has 1 unspecified atom stereocenters. The van der Waals surface area contributed by atoms with Gasteiger partial charge in [-0.1, -0.05) is 24.3 Å². The Morgan fingerprint density at radius 1 is 1.07 bits per heavy atom. The first-order chi connectivity index (χ1) is 12.0. The van der Waals surface area contributed by atoms with Crippen molar-refractivity contribution in [2.45, 2.75) is 39.4 Å². The topological polar surface area (TPSA) is 72.9 Å². The number of nitrogens with zero attached hydrogens (tertiary/aromatic N) is 2. The average Bonchev–Trinajstić information content (AvgIpc) is 3.01. The van der Waals surface area contributed by atoms with Crippen molar-refractivity contribution >= 4 is 41.8 Å². The van der Waals surface area contributed by atoms with Crippen LogP contribution in [0.3, 0.4) is 0 Å². The zero-order chi connectivity index (χ0) is 18.0. The van der Waals surface area contributed by atoms with Gasteiger partial charge in [0.25, 0.3) is 5.91 Å². The van der Waals surface area contributed by atoms with Gasteiger partial charge >= 0.3 is 0 Å². The van der Waals surface area contributed by atoms with Crippen LogP contribution in [0.5, 0.6) is 0 Å². The van der Waals surface area contributed by atoms with E-state index in [1.807, 2.05) is 37.3 Å². The Bertz CT molecular complexity index is 891. The van der Waals surface area contributed by atoms with Crippen molar-refractivity contribution in [1.29, 1.82) is 0 Å². The lowest BCUT2D eigenvalue weighted by atomic mass is 10.1. The molecule has 7 heteroatoms. The van der Waals surface area contributed by atoms with Crippen molar-refractivity contribution in [3.05, 3.63) is 65.5 Å². The molecule has 2 aromatic carbocycles. The number of amides is 1. The average molecular weight is 409 g/mol. The van der Waals surface area contributed by atoms with Crippen LogP contribution in [0.1, 0.15) is 54.6 Å². The van der Waals surface area contributed by atoms with Gasteiger partial charge in [0, 0.05) is 18.2 Å². The lowest BCUT2D eigenvalue weighted by Crippen LogP contribution is -2.29. The molecule has 0 aliphatic heterocycles. The molecule has 0 fully saturated rings. The van der Waals surface area contributed by atoms with Crippen molar-refractivity contribution in [3.63, 3.8) is 0 Å². The molecule has 0 saturated carbocycles. The zero-order valence-electron chi connectivity index (χ0n) is 15.7. The number of imidazole rings is 1. The first-order valence-electron chi connectivity index (χ1n) is 8.58. The molecule has 0 spiro atoms. The van der Waals surface area contributed by atoms with E-state index in [0.717, 1.165) is 22.4 Å². The fourth-order valence-electron chi connectivity index (χ4n) is 3.05. The number of rotatable bonds is 5. The van der Waals surface area contributed by atoms with Crippen LogP contribution in [0.4, 0.5) is 0 Å². The number of aromatic nitrogens is 2. The second-order valence-electron chi connectivity index (χ2n) is 6.52. The number of para-hydroxylation sites is 2. The molecular formula is C20H26Cl2N4O. The van der Waals surface area contributed by atoms with Gasteiger partial charge in [-0.25, -0.2) is 4.98 Å². The Kier molecular flexibility index (Phi) is 8.28. The van der Waals surface area contributed by atoms with E-state index in [1.54, 1.807) is 12.1 Å². The van der Waals surface area contributed by atoms with Crippen molar-refractivity contribution in [2.75, 3.05) is 0 Å². The van der Waals surface area contributed by atoms with Crippen LogP contribution >= 0.6 is 24.8 Å². The molecule has 5 nitrogen and oxygen atoms in total. The summed E-state index contributed by atoms with van der Waals surface area (Å²) in [6, 6.07) is 15.5. The Morgan fingerprint density at radius 2 is 1.70 bits per heavy atom. The fourth-order valence-corrected chi connectivity index (χ4v) is 3.05. The number of carbonyl (C=O) groups is 1. The molecule has 0 radical (unpaired) electrons. The molecule has 1 atom stereocenters. The molecule has 0 bridgehead atoms. The number of benzene rings is 2. The van der Waals surface area contributed by atoms with Crippen LogP contribution in [0.15, 0.2) is 48.5 Å². The second-order valence-corrected chi connectivity index (χ2v) is 6.52. The second kappa shape index (κ2) is 9.74. The van der Waals surface area contributed by atoms with Crippen LogP contribution in [0.25, 0.3) is 11.0 Å². The molecule has 3 N–H and O–H groups in total. The first-order valence-corrected chi connectivity index (χ1v) is 8.58. The number of hydrogen-bond donors (Lipinski definition) is 2. The van der Waals surface area contributed by atoms with Crippen LogP contribution in [0, 0.1) is 0 Å². The molecule has 3 aromatic rings. The highest BCUT2D eigenvalue weighted by molar-refractivity contribution is 5.94. The highest BCUT2D eigenvalue weighted by atomic mass is 35.5. The van der Waals surface area contributed by atoms with Gasteiger partial charge < -0.3 is 15.6 Å². The van der Waals surface area contributed by atoms with Gasteiger partial charge in [0.1, 0.15) is 5.82 Å². The summed E-state index contributed by atoms with van der Waals surface area (Å²) in [6.07, 6.45) is 0. The lowest BCUT2D eigenvalue weighted by Gasteiger charge is -2.19. The molecule has 3 rings (SSSR count). The Labute approximate surface area is 172 Å². The Hall–Kier alpha value is -2.08. The van der Waals surface area contributed by atoms with Crippen LogP contribution < -0.4 is 11.1 Å². The quantitative estimate of drug-likeness (QED) is 0.656. The van der Waals surface area contributed by atoms with E-state index >= 15 is 0 Å². The Morgan fingerprint density at radius 3 is 2.30 bits per heavy atom. The smallest absolute Gasteiger partial charge is 0.251 e. The van der Waals surface area contributed by atoms with E-state index < -0.39 is 0 Å². The minimum Gasteiger partial charge on any atom is -0.342 e. The molecule has 1 aromatic heterocycles. The van der Waals surface area contributed by atoms with E-state index in [-0.39, 0.29) is 42.8 Å². The number of carbonyl (C=O) groups excluding carboxylic acids is 1. The van der Waals surface area contributed by atoms with E-state index in [4.69, 9.17) is 10.7 Å². The van der Waals surface area contributed by atoms with E-state index in [1.165, 1.54) is 0 Å². The molecule has 1 amide bonds. The molecule has 0 aliphatic carbocycles. The van der Waals surface area contributed by atoms with E-state index in [0.29, 0.717) is 12.1 Å². The summed E-state index contributed by atoms with van der Waals surface area (Å²) in [5.41, 5.74) is 9.26. The van der Waals surface area contributed by atoms with Crippen LogP contribution in [-0.2, 0) is 6.54 Å². The third-order valence-electron chi connectivity index (χ3n) is 4.33. The monoisotopic (exact) mass is 408 g/mol. The van der Waals surface area contributed by atoms with E-state index in [2.05, 4.69) is 29.8 Å². The molecular weight excluding hydrogens is 383 g/mol. The van der Waals surface area contributed by atoms with Crippen LogP contribution in [0.2, 0.25) is 0 Å². The van der Waals surface area contributed by atoms with Gasteiger partial charge in [-0.15, -0.1) is 24.8 Å². The summed E-state index contributed by atoms with van der Waals surface area (Å²) in [7, 11) is 0. The predicted octanol–water partition coefficient (Wildman–Crippen LogP) is 4.41. The van der Waals surface area contributed by atoms with Crippen molar-refractivity contribution in [1.82, 2.24) is 14.9 Å². The SMILES string of the molecule is CC(NC(=O)c1ccc(CN)cc1)c1nc2ccccc2n1C(C)C.Cl.Cl. The molecule has 146 valence electrons. The van der Waals surface area contributed by atoms with Gasteiger partial charge in [-0.2, -0.15) is 0 Å². The molecule has 27 heavy (non-hydrogen) atoms. The number of fused-ring (bicyclic) bond motifs is 1. The number of hydrogen-bond acceptors (Lipinski definition) is 3. The van der Waals surface area contributed by atoms with Gasteiger partial charge in [0.2, 0.25) is 0 Å². The number of nitrogens with one attached hydrogen (secondary N) is 1. The third kappa shape index (κ3) is 4.80. The van der Waals surface area contributed by atoms with Gasteiger partial charge in [-0.05, 0) is 50.6 Å².